The standard InChI is InChI=1S/C82H160O17P2/c1-5-9-13-17-21-25-29-33-35-37-38-39-40-42-45-49-53-57-61-65-69-82(87)99-78(73-93-80(85)67-63-59-55-51-47-44-41-36-34-30-26-22-18-14-10-6-2)75-97-101(90,91)95-71-76(83)70-94-100(88,89)96-74-77(72-92-79(84)66-62-58-54-50-46-32-28-24-20-16-12-8-4)98-81(86)68-64-60-56-52-48-43-31-27-23-19-15-11-7-3/h76-78,83H,5-75H2,1-4H3,(H,88,89)(H,90,91)/t76-,77+,78+/m0/s1. The second kappa shape index (κ2) is 76.3. The van der Waals surface area contributed by atoms with E-state index in [1.54, 1.807) is 0 Å². The van der Waals surface area contributed by atoms with E-state index in [0.29, 0.717) is 25.7 Å². The van der Waals surface area contributed by atoms with Crippen LogP contribution in [0.25, 0.3) is 0 Å². The lowest BCUT2D eigenvalue weighted by Crippen LogP contribution is -2.30. The zero-order valence-electron chi connectivity index (χ0n) is 65.9. The molecule has 0 aliphatic carbocycles. The van der Waals surface area contributed by atoms with Crippen molar-refractivity contribution in [3.8, 4) is 0 Å². The number of aliphatic hydroxyl groups is 1. The molecule has 3 N–H and O–H groups in total. The van der Waals surface area contributed by atoms with Crippen molar-refractivity contribution >= 4 is 39.5 Å². The number of phosphoric acid groups is 2. The molecule has 19 heteroatoms. The third kappa shape index (κ3) is 76.1. The first-order valence-corrected chi connectivity index (χ1v) is 45.8. The first-order chi connectivity index (χ1) is 49.2. The van der Waals surface area contributed by atoms with Crippen LogP contribution in [0.5, 0.6) is 0 Å². The number of phosphoric ester groups is 2. The lowest BCUT2D eigenvalue weighted by atomic mass is 10.0. The van der Waals surface area contributed by atoms with Crippen molar-refractivity contribution in [1.29, 1.82) is 0 Å². The van der Waals surface area contributed by atoms with Gasteiger partial charge in [0.25, 0.3) is 0 Å². The molecule has 0 aromatic rings. The molecule has 0 heterocycles. The number of aliphatic hydroxyl groups excluding tert-OH is 1. The highest BCUT2D eigenvalue weighted by Crippen LogP contribution is 2.45. The molecule has 0 aromatic heterocycles. The Labute approximate surface area is 619 Å². The lowest BCUT2D eigenvalue weighted by molar-refractivity contribution is -0.161. The highest BCUT2D eigenvalue weighted by Gasteiger charge is 2.30. The summed E-state index contributed by atoms with van der Waals surface area (Å²) in [6, 6.07) is 0. The fourth-order valence-electron chi connectivity index (χ4n) is 12.8. The summed E-state index contributed by atoms with van der Waals surface area (Å²) in [7, 11) is -9.92. The largest absolute Gasteiger partial charge is 0.472 e. The number of hydrogen-bond donors (Lipinski definition) is 3. The van der Waals surface area contributed by atoms with Gasteiger partial charge in [-0.05, 0) is 25.7 Å². The van der Waals surface area contributed by atoms with Gasteiger partial charge in [0.05, 0.1) is 26.4 Å². The van der Waals surface area contributed by atoms with Crippen LogP contribution in [0.15, 0.2) is 0 Å². The topological polar surface area (TPSA) is 237 Å². The smallest absolute Gasteiger partial charge is 0.462 e. The van der Waals surface area contributed by atoms with Gasteiger partial charge in [-0.1, -0.05) is 394 Å². The van der Waals surface area contributed by atoms with Gasteiger partial charge in [0, 0.05) is 25.7 Å². The quantitative estimate of drug-likeness (QED) is 0.0222. The van der Waals surface area contributed by atoms with E-state index in [1.807, 2.05) is 0 Å². The van der Waals surface area contributed by atoms with Crippen LogP contribution in [0.3, 0.4) is 0 Å². The van der Waals surface area contributed by atoms with Gasteiger partial charge in [-0.2, -0.15) is 0 Å². The number of rotatable bonds is 83. The Hall–Kier alpha value is -1.94. The van der Waals surface area contributed by atoms with E-state index in [9.17, 15) is 43.2 Å². The van der Waals surface area contributed by atoms with E-state index in [1.165, 1.54) is 276 Å². The highest BCUT2D eigenvalue weighted by atomic mass is 31.2. The summed E-state index contributed by atoms with van der Waals surface area (Å²) in [5.41, 5.74) is 0. The third-order valence-corrected chi connectivity index (χ3v) is 21.3. The minimum Gasteiger partial charge on any atom is -0.462 e. The minimum atomic E-state index is -4.96. The molecule has 0 aliphatic rings. The van der Waals surface area contributed by atoms with Crippen LogP contribution >= 0.6 is 15.6 Å². The van der Waals surface area contributed by atoms with Gasteiger partial charge in [0.15, 0.2) is 12.2 Å². The average molecular weight is 1480 g/mol. The lowest BCUT2D eigenvalue weighted by Gasteiger charge is -2.21. The van der Waals surface area contributed by atoms with Gasteiger partial charge in [0.1, 0.15) is 19.3 Å². The van der Waals surface area contributed by atoms with Crippen molar-refractivity contribution < 1.29 is 80.2 Å². The van der Waals surface area contributed by atoms with Crippen LogP contribution < -0.4 is 0 Å². The van der Waals surface area contributed by atoms with Crippen molar-refractivity contribution in [2.24, 2.45) is 0 Å². The number of carbonyl (C=O) groups excluding carboxylic acids is 4. The molecule has 0 rings (SSSR count). The summed E-state index contributed by atoms with van der Waals surface area (Å²) in [4.78, 5) is 73.1. The SMILES string of the molecule is CCCCCCCCCCCCCCCCCCCCCCC(=O)O[C@H](COC(=O)CCCCCCCCCCCCCCCCCC)COP(=O)(O)OC[C@@H](O)COP(=O)(O)OC[C@@H](COC(=O)CCCCCCCCCCCCCC)OC(=O)CCCCCCCCCCCCCCC. The van der Waals surface area contributed by atoms with E-state index in [2.05, 4.69) is 27.7 Å². The molecule has 2 unspecified atom stereocenters. The summed E-state index contributed by atoms with van der Waals surface area (Å²) in [5.74, 6) is -2.10. The van der Waals surface area contributed by atoms with Crippen molar-refractivity contribution in [1.82, 2.24) is 0 Å². The monoisotopic (exact) mass is 1480 g/mol. The Morgan fingerprint density at radius 3 is 0.584 bits per heavy atom. The molecular weight excluding hydrogens is 1320 g/mol. The average Bonchev–Trinajstić information content (AvgIpc) is 0.966. The molecule has 101 heavy (non-hydrogen) atoms. The third-order valence-electron chi connectivity index (χ3n) is 19.4. The van der Waals surface area contributed by atoms with Gasteiger partial charge in [-0.3, -0.25) is 37.3 Å². The van der Waals surface area contributed by atoms with Gasteiger partial charge < -0.3 is 33.8 Å². The first kappa shape index (κ1) is 99.1. The highest BCUT2D eigenvalue weighted by molar-refractivity contribution is 7.47. The zero-order chi connectivity index (χ0) is 73.9. The van der Waals surface area contributed by atoms with Crippen LogP contribution in [0.4, 0.5) is 0 Å². The molecule has 0 bridgehead atoms. The maximum atomic E-state index is 13.1. The molecule has 0 amide bonds. The van der Waals surface area contributed by atoms with Gasteiger partial charge in [-0.15, -0.1) is 0 Å². The summed E-state index contributed by atoms with van der Waals surface area (Å²) in [6.45, 7) is 5.04. The molecule has 0 saturated carbocycles. The molecule has 17 nitrogen and oxygen atoms in total. The molecule has 0 aromatic carbocycles. The van der Waals surface area contributed by atoms with Crippen LogP contribution in [0, 0.1) is 0 Å². The first-order valence-electron chi connectivity index (χ1n) is 42.8. The molecule has 600 valence electrons. The second-order valence-corrected chi connectivity index (χ2v) is 32.4. The second-order valence-electron chi connectivity index (χ2n) is 29.5. The maximum Gasteiger partial charge on any atom is 0.472 e. The summed E-state index contributed by atoms with van der Waals surface area (Å²) in [5, 5.41) is 10.7. The van der Waals surface area contributed by atoms with Gasteiger partial charge in [-0.25, -0.2) is 9.13 Å². The maximum absolute atomic E-state index is 13.1. The number of unbranched alkanes of at least 4 members (excludes halogenated alkanes) is 57. The van der Waals surface area contributed by atoms with E-state index in [-0.39, 0.29) is 25.7 Å². The van der Waals surface area contributed by atoms with E-state index < -0.39 is 97.5 Å². The van der Waals surface area contributed by atoms with Crippen LogP contribution in [-0.4, -0.2) is 96.7 Å². The van der Waals surface area contributed by atoms with Crippen molar-refractivity contribution in [2.75, 3.05) is 39.6 Å². The molecule has 0 spiro atoms. The molecule has 0 saturated heterocycles. The Morgan fingerprint density at radius 1 is 0.238 bits per heavy atom. The van der Waals surface area contributed by atoms with Crippen molar-refractivity contribution in [3.05, 3.63) is 0 Å². The summed E-state index contributed by atoms with van der Waals surface area (Å²) < 4.78 is 68.8. The Morgan fingerprint density at radius 2 is 0.396 bits per heavy atom. The number of hydrogen-bond acceptors (Lipinski definition) is 15. The molecule has 0 aliphatic heterocycles. The van der Waals surface area contributed by atoms with E-state index in [4.69, 9.17) is 37.0 Å². The van der Waals surface area contributed by atoms with Gasteiger partial charge in [0.2, 0.25) is 0 Å². The molecule has 5 atom stereocenters. The van der Waals surface area contributed by atoms with Gasteiger partial charge >= 0.3 is 39.5 Å². The summed E-state index contributed by atoms with van der Waals surface area (Å²) >= 11 is 0. The predicted octanol–water partition coefficient (Wildman–Crippen LogP) is 25.0. The fourth-order valence-corrected chi connectivity index (χ4v) is 14.4. The molecular formula is C82H160O17P2. The zero-order valence-corrected chi connectivity index (χ0v) is 67.7. The Kier molecular flexibility index (Phi) is 74.8. The van der Waals surface area contributed by atoms with E-state index >= 15 is 0 Å². The van der Waals surface area contributed by atoms with Crippen molar-refractivity contribution in [3.63, 3.8) is 0 Å². The van der Waals surface area contributed by atoms with Crippen LogP contribution in [0.1, 0.15) is 445 Å². The predicted molar refractivity (Wildman–Crippen MR) is 414 cm³/mol. The molecule has 0 radical (unpaired) electrons. The minimum absolute atomic E-state index is 0.109. The van der Waals surface area contributed by atoms with E-state index in [0.717, 1.165) is 89.9 Å². The van der Waals surface area contributed by atoms with Crippen molar-refractivity contribution in [2.45, 2.75) is 463 Å². The summed E-state index contributed by atoms with van der Waals surface area (Å²) in [6.07, 6.45) is 69.3. The Balaban J connectivity index is 5.24. The number of ether oxygens (including phenoxy) is 4. The van der Waals surface area contributed by atoms with Crippen LogP contribution in [-0.2, 0) is 65.4 Å². The molecule has 0 fully saturated rings. The fraction of sp³-hybridized carbons (Fsp3) is 0.951. The number of carbonyl (C=O) groups is 4. The Bertz CT molecular complexity index is 1910. The van der Waals surface area contributed by atoms with Crippen LogP contribution in [0.2, 0.25) is 0 Å². The normalized spacial score (nSPS) is 13.8. The number of esters is 4.